The Morgan fingerprint density at radius 3 is 2.60 bits per heavy atom. The van der Waals surface area contributed by atoms with Crippen molar-refractivity contribution < 1.29 is 18.8 Å². The van der Waals surface area contributed by atoms with Gasteiger partial charge in [0.1, 0.15) is 5.82 Å². The van der Waals surface area contributed by atoms with Crippen molar-refractivity contribution in [1.29, 1.82) is 0 Å². The van der Waals surface area contributed by atoms with Crippen molar-refractivity contribution in [3.63, 3.8) is 0 Å². The predicted octanol–water partition coefficient (Wildman–Crippen LogP) is 0.858. The van der Waals surface area contributed by atoms with Crippen molar-refractivity contribution >= 4 is 17.7 Å². The van der Waals surface area contributed by atoms with Crippen LogP contribution in [0.4, 0.5) is 4.39 Å². The zero-order chi connectivity index (χ0) is 18.4. The first-order valence-corrected chi connectivity index (χ1v) is 8.44. The molecule has 1 aromatic carbocycles. The predicted molar refractivity (Wildman–Crippen MR) is 91.1 cm³/mol. The van der Waals surface area contributed by atoms with Gasteiger partial charge < -0.3 is 15.5 Å². The van der Waals surface area contributed by atoms with E-state index in [1.807, 2.05) is 0 Å². The lowest BCUT2D eigenvalue weighted by molar-refractivity contribution is -0.128. The summed E-state index contributed by atoms with van der Waals surface area (Å²) in [4.78, 5) is 37.0. The topological polar surface area (TPSA) is 78.5 Å². The minimum Gasteiger partial charge on any atom is -0.350 e. The fourth-order valence-corrected chi connectivity index (χ4v) is 2.65. The van der Waals surface area contributed by atoms with E-state index in [-0.39, 0.29) is 48.5 Å². The highest BCUT2D eigenvalue weighted by Crippen LogP contribution is 2.13. The molecule has 0 saturated carbocycles. The van der Waals surface area contributed by atoms with E-state index in [1.54, 1.807) is 30.9 Å². The van der Waals surface area contributed by atoms with Crippen LogP contribution in [-0.2, 0) is 20.8 Å². The third-order valence-corrected chi connectivity index (χ3v) is 4.11. The second-order valence-electron chi connectivity index (χ2n) is 6.56. The average molecular weight is 349 g/mol. The van der Waals surface area contributed by atoms with Crippen molar-refractivity contribution in [2.24, 2.45) is 5.92 Å². The Balaban J connectivity index is 1.74. The van der Waals surface area contributed by atoms with Crippen LogP contribution in [-0.4, -0.2) is 48.3 Å². The second-order valence-corrected chi connectivity index (χ2v) is 6.56. The van der Waals surface area contributed by atoms with Crippen molar-refractivity contribution in [3.05, 3.63) is 35.6 Å². The second kappa shape index (κ2) is 8.60. The molecule has 0 aromatic heterocycles. The SMILES string of the molecule is CC(C)C(=O)NCC(=O)N[C@H]1CC(=O)N(CCc2ccc(F)cc2)C1. The number of benzene rings is 1. The van der Waals surface area contributed by atoms with Crippen molar-refractivity contribution in [2.45, 2.75) is 32.7 Å². The summed E-state index contributed by atoms with van der Waals surface area (Å²) in [6.45, 7) is 4.39. The number of hydrogen-bond acceptors (Lipinski definition) is 3. The van der Waals surface area contributed by atoms with Crippen LogP contribution in [0.3, 0.4) is 0 Å². The van der Waals surface area contributed by atoms with Gasteiger partial charge in [-0.1, -0.05) is 26.0 Å². The Bertz CT molecular complexity index is 631. The van der Waals surface area contributed by atoms with Crippen LogP contribution in [0.15, 0.2) is 24.3 Å². The van der Waals surface area contributed by atoms with Gasteiger partial charge in [-0.15, -0.1) is 0 Å². The van der Waals surface area contributed by atoms with E-state index in [0.717, 1.165) is 5.56 Å². The zero-order valence-electron chi connectivity index (χ0n) is 14.5. The van der Waals surface area contributed by atoms with E-state index in [1.165, 1.54) is 12.1 Å². The van der Waals surface area contributed by atoms with Crippen molar-refractivity contribution in [3.8, 4) is 0 Å². The standard InChI is InChI=1S/C18H24FN3O3/c1-12(2)18(25)20-10-16(23)21-15-9-17(24)22(11-15)8-7-13-3-5-14(19)6-4-13/h3-6,12,15H,7-11H2,1-2H3,(H,20,25)(H,21,23)/t15-/m0/s1. The molecular formula is C18H24FN3O3. The summed E-state index contributed by atoms with van der Waals surface area (Å²) in [7, 11) is 0. The molecule has 1 aliphatic rings. The highest BCUT2D eigenvalue weighted by molar-refractivity contribution is 5.86. The van der Waals surface area contributed by atoms with Crippen molar-refractivity contribution in [1.82, 2.24) is 15.5 Å². The molecule has 0 radical (unpaired) electrons. The average Bonchev–Trinajstić information content (AvgIpc) is 2.91. The molecule has 7 heteroatoms. The van der Waals surface area contributed by atoms with Crippen LogP contribution in [0.5, 0.6) is 0 Å². The van der Waals surface area contributed by atoms with Gasteiger partial charge in [0.2, 0.25) is 17.7 Å². The summed E-state index contributed by atoms with van der Waals surface area (Å²) in [6, 6.07) is 5.95. The van der Waals surface area contributed by atoms with Crippen LogP contribution in [0, 0.1) is 11.7 Å². The van der Waals surface area contributed by atoms with Gasteiger partial charge in [0.15, 0.2) is 0 Å². The molecule has 1 aliphatic heterocycles. The molecule has 6 nitrogen and oxygen atoms in total. The number of halogens is 1. The van der Waals surface area contributed by atoms with Crippen molar-refractivity contribution in [2.75, 3.05) is 19.6 Å². The molecule has 136 valence electrons. The molecular weight excluding hydrogens is 325 g/mol. The maximum absolute atomic E-state index is 12.9. The van der Waals surface area contributed by atoms with Gasteiger partial charge in [0.25, 0.3) is 0 Å². The summed E-state index contributed by atoms with van der Waals surface area (Å²) < 4.78 is 12.9. The van der Waals surface area contributed by atoms with E-state index in [2.05, 4.69) is 10.6 Å². The first-order valence-electron chi connectivity index (χ1n) is 8.44. The smallest absolute Gasteiger partial charge is 0.239 e. The molecule has 1 aromatic rings. The Kier molecular flexibility index (Phi) is 6.50. The molecule has 0 aliphatic carbocycles. The molecule has 1 heterocycles. The van der Waals surface area contributed by atoms with Crippen LogP contribution in [0.1, 0.15) is 25.8 Å². The maximum atomic E-state index is 12.9. The Morgan fingerprint density at radius 2 is 1.96 bits per heavy atom. The fraction of sp³-hybridized carbons (Fsp3) is 0.500. The van der Waals surface area contributed by atoms with E-state index in [0.29, 0.717) is 19.5 Å². The van der Waals surface area contributed by atoms with Gasteiger partial charge in [-0.3, -0.25) is 14.4 Å². The summed E-state index contributed by atoms with van der Waals surface area (Å²) in [5.74, 6) is -0.958. The molecule has 1 atom stereocenters. The highest BCUT2D eigenvalue weighted by Gasteiger charge is 2.30. The molecule has 1 fully saturated rings. The lowest BCUT2D eigenvalue weighted by Crippen LogP contribution is -2.43. The van der Waals surface area contributed by atoms with Gasteiger partial charge in [-0.25, -0.2) is 4.39 Å². The first-order chi connectivity index (χ1) is 11.8. The molecule has 0 spiro atoms. The van der Waals surface area contributed by atoms with Gasteiger partial charge in [-0.2, -0.15) is 0 Å². The van der Waals surface area contributed by atoms with E-state index in [9.17, 15) is 18.8 Å². The third kappa shape index (κ3) is 5.85. The number of carbonyl (C=O) groups is 3. The van der Waals surface area contributed by atoms with Gasteiger partial charge in [0, 0.05) is 25.4 Å². The normalized spacial score (nSPS) is 17.0. The number of nitrogens with zero attached hydrogens (tertiary/aromatic N) is 1. The molecule has 25 heavy (non-hydrogen) atoms. The molecule has 1 saturated heterocycles. The largest absolute Gasteiger partial charge is 0.350 e. The Hall–Kier alpha value is -2.44. The number of likely N-dealkylation sites (tertiary alicyclic amines) is 1. The number of amides is 3. The van der Waals surface area contributed by atoms with Crippen LogP contribution < -0.4 is 10.6 Å². The lowest BCUT2D eigenvalue weighted by atomic mass is 10.1. The maximum Gasteiger partial charge on any atom is 0.239 e. The van der Waals surface area contributed by atoms with E-state index in [4.69, 9.17) is 0 Å². The summed E-state index contributed by atoms with van der Waals surface area (Å²) >= 11 is 0. The van der Waals surface area contributed by atoms with Gasteiger partial charge in [0.05, 0.1) is 12.6 Å². The first kappa shape index (κ1) is 18.9. The summed E-state index contributed by atoms with van der Waals surface area (Å²) in [6.07, 6.45) is 0.893. The number of carbonyl (C=O) groups excluding carboxylic acids is 3. The minimum atomic E-state index is -0.299. The van der Waals surface area contributed by atoms with E-state index >= 15 is 0 Å². The summed E-state index contributed by atoms with van der Waals surface area (Å²) in [5.41, 5.74) is 0.957. The van der Waals surface area contributed by atoms with Gasteiger partial charge >= 0.3 is 0 Å². The number of nitrogens with one attached hydrogen (secondary N) is 2. The lowest BCUT2D eigenvalue weighted by Gasteiger charge is -2.17. The third-order valence-electron chi connectivity index (χ3n) is 4.11. The number of rotatable bonds is 7. The van der Waals surface area contributed by atoms with Crippen LogP contribution >= 0.6 is 0 Å². The molecule has 0 bridgehead atoms. The van der Waals surface area contributed by atoms with Gasteiger partial charge in [-0.05, 0) is 24.1 Å². The monoisotopic (exact) mass is 349 g/mol. The summed E-state index contributed by atoms with van der Waals surface area (Å²) in [5, 5.41) is 5.32. The highest BCUT2D eigenvalue weighted by atomic mass is 19.1. The Morgan fingerprint density at radius 1 is 1.28 bits per heavy atom. The quantitative estimate of drug-likeness (QED) is 0.766. The molecule has 2 rings (SSSR count). The van der Waals surface area contributed by atoms with Crippen LogP contribution in [0.2, 0.25) is 0 Å². The molecule has 2 N–H and O–H groups in total. The minimum absolute atomic E-state index is 0.0152. The number of hydrogen-bond donors (Lipinski definition) is 2. The van der Waals surface area contributed by atoms with E-state index < -0.39 is 0 Å². The Labute approximate surface area is 146 Å². The molecule has 3 amide bonds. The fourth-order valence-electron chi connectivity index (χ4n) is 2.65. The zero-order valence-corrected chi connectivity index (χ0v) is 14.5. The molecule has 0 unspecified atom stereocenters. The van der Waals surface area contributed by atoms with Crippen LogP contribution in [0.25, 0.3) is 0 Å².